The molecule has 5 nitrogen and oxygen atoms in total. The summed E-state index contributed by atoms with van der Waals surface area (Å²) in [6, 6.07) is 10.6. The highest BCUT2D eigenvalue weighted by atomic mass is 35.5. The van der Waals surface area contributed by atoms with E-state index in [1.807, 2.05) is 0 Å². The predicted molar refractivity (Wildman–Crippen MR) is 94.3 cm³/mol. The number of nitrogens with zero attached hydrogens (tertiary/aromatic N) is 4. The van der Waals surface area contributed by atoms with Crippen LogP contribution in [0.25, 0.3) is 0 Å². The summed E-state index contributed by atoms with van der Waals surface area (Å²) in [5, 5.41) is 15.5. The molecule has 2 aromatic carbocycles. The molecule has 1 aromatic heterocycles. The Morgan fingerprint density at radius 1 is 1.20 bits per heavy atom. The van der Waals surface area contributed by atoms with Gasteiger partial charge in [0.1, 0.15) is 5.82 Å². The molecule has 0 aliphatic carbocycles. The number of rotatable bonds is 2. The van der Waals surface area contributed by atoms with Crippen molar-refractivity contribution in [3.05, 3.63) is 69.5 Å². The van der Waals surface area contributed by atoms with Crippen molar-refractivity contribution >= 4 is 17.5 Å². The van der Waals surface area contributed by atoms with E-state index in [0.29, 0.717) is 23.0 Å². The third-order valence-corrected chi connectivity index (χ3v) is 5.15. The average molecular weight is 358 g/mol. The average Bonchev–Trinajstić information content (AvgIpc) is 3.05. The number of anilines is 1. The molecular formula is C18H17ClFN5. The van der Waals surface area contributed by atoms with Crippen LogP contribution in [-0.2, 0) is 0 Å². The Kier molecular flexibility index (Phi) is 3.92. The molecule has 2 heterocycles. The normalized spacial score (nSPS) is 19.4. The summed E-state index contributed by atoms with van der Waals surface area (Å²) in [6.45, 7) is 4.16. The van der Waals surface area contributed by atoms with Crippen LogP contribution in [0.2, 0.25) is 5.02 Å². The molecule has 2 atom stereocenters. The summed E-state index contributed by atoms with van der Waals surface area (Å²) < 4.78 is 16.1. The fourth-order valence-electron chi connectivity index (χ4n) is 3.31. The smallest absolute Gasteiger partial charge is 0.243 e. The zero-order valence-corrected chi connectivity index (χ0v) is 14.6. The lowest BCUT2D eigenvalue weighted by Gasteiger charge is -2.31. The lowest BCUT2D eigenvalue weighted by Crippen LogP contribution is -2.29. The Labute approximate surface area is 149 Å². The number of aromatic nitrogens is 4. The lowest BCUT2D eigenvalue weighted by molar-refractivity contribution is 0.409. The van der Waals surface area contributed by atoms with Crippen molar-refractivity contribution in [1.82, 2.24) is 20.2 Å². The predicted octanol–water partition coefficient (Wildman–Crippen LogP) is 4.23. The van der Waals surface area contributed by atoms with Gasteiger partial charge in [-0.1, -0.05) is 41.0 Å². The van der Waals surface area contributed by atoms with Gasteiger partial charge in [-0.3, -0.25) is 0 Å². The maximum Gasteiger partial charge on any atom is 0.243 e. The van der Waals surface area contributed by atoms with Crippen molar-refractivity contribution in [3.8, 4) is 0 Å². The minimum atomic E-state index is -0.369. The van der Waals surface area contributed by atoms with Crippen LogP contribution >= 0.6 is 11.6 Å². The standard InChI is InChI=1S/C18H17ClFN5/c1-10-6-7-12(8-11(10)2)15-9-16(25-18(21-15)22-23-24-25)17-13(19)4-3-5-14(17)20/h3-8,15-16H,9H2,1-2H3,(H,21,22,24)/t15-,16-/m0/s1. The van der Waals surface area contributed by atoms with Crippen LogP contribution in [0.5, 0.6) is 0 Å². The van der Waals surface area contributed by atoms with Crippen LogP contribution in [0.15, 0.2) is 36.4 Å². The van der Waals surface area contributed by atoms with E-state index in [9.17, 15) is 4.39 Å². The van der Waals surface area contributed by atoms with Gasteiger partial charge >= 0.3 is 0 Å². The van der Waals surface area contributed by atoms with Crippen LogP contribution < -0.4 is 5.32 Å². The number of nitrogens with one attached hydrogen (secondary N) is 1. The number of hydrogen-bond acceptors (Lipinski definition) is 4. The molecular weight excluding hydrogens is 341 g/mol. The Morgan fingerprint density at radius 2 is 2.04 bits per heavy atom. The maximum absolute atomic E-state index is 14.5. The Hall–Kier alpha value is -2.47. The van der Waals surface area contributed by atoms with Crippen molar-refractivity contribution in [2.75, 3.05) is 5.32 Å². The van der Waals surface area contributed by atoms with Gasteiger partial charge in [-0.05, 0) is 59.5 Å². The first kappa shape index (κ1) is 16.0. The van der Waals surface area contributed by atoms with Gasteiger partial charge in [-0.2, -0.15) is 0 Å². The molecule has 1 aliphatic rings. The summed E-state index contributed by atoms with van der Waals surface area (Å²) >= 11 is 6.29. The first-order chi connectivity index (χ1) is 12.0. The van der Waals surface area contributed by atoms with Crippen LogP contribution in [0.3, 0.4) is 0 Å². The first-order valence-electron chi connectivity index (χ1n) is 8.10. The SMILES string of the molecule is Cc1ccc([C@@H]2C[C@@H](c3c(F)cccc3Cl)n3nnnc3N2)cc1C. The minimum absolute atomic E-state index is 0.0292. The van der Waals surface area contributed by atoms with E-state index < -0.39 is 0 Å². The van der Waals surface area contributed by atoms with Gasteiger partial charge in [0.25, 0.3) is 0 Å². The quantitative estimate of drug-likeness (QED) is 0.745. The minimum Gasteiger partial charge on any atom is -0.346 e. The van der Waals surface area contributed by atoms with Gasteiger partial charge in [0.2, 0.25) is 5.95 Å². The van der Waals surface area contributed by atoms with Crippen LogP contribution in [0.4, 0.5) is 10.3 Å². The van der Waals surface area contributed by atoms with Gasteiger partial charge in [-0.15, -0.1) is 0 Å². The molecule has 0 fully saturated rings. The lowest BCUT2D eigenvalue weighted by atomic mass is 9.91. The van der Waals surface area contributed by atoms with E-state index in [1.165, 1.54) is 17.2 Å². The zero-order chi connectivity index (χ0) is 17.6. The molecule has 0 bridgehead atoms. The molecule has 128 valence electrons. The van der Waals surface area contributed by atoms with E-state index in [-0.39, 0.29) is 17.9 Å². The molecule has 7 heteroatoms. The fraction of sp³-hybridized carbons (Fsp3) is 0.278. The zero-order valence-electron chi connectivity index (χ0n) is 13.9. The van der Waals surface area contributed by atoms with E-state index in [2.05, 4.69) is 52.9 Å². The summed E-state index contributed by atoms with van der Waals surface area (Å²) in [7, 11) is 0. The van der Waals surface area contributed by atoms with Crippen LogP contribution in [0.1, 0.15) is 40.8 Å². The summed E-state index contributed by atoms with van der Waals surface area (Å²) in [4.78, 5) is 0. The molecule has 0 radical (unpaired) electrons. The maximum atomic E-state index is 14.5. The van der Waals surface area contributed by atoms with Crippen molar-refractivity contribution in [3.63, 3.8) is 0 Å². The van der Waals surface area contributed by atoms with Crippen LogP contribution in [-0.4, -0.2) is 20.2 Å². The molecule has 1 aliphatic heterocycles. The highest BCUT2D eigenvalue weighted by molar-refractivity contribution is 6.31. The topological polar surface area (TPSA) is 55.6 Å². The second-order valence-corrected chi connectivity index (χ2v) is 6.78. The third kappa shape index (κ3) is 2.76. The highest BCUT2D eigenvalue weighted by Crippen LogP contribution is 2.40. The second-order valence-electron chi connectivity index (χ2n) is 6.37. The number of fused-ring (bicyclic) bond motifs is 1. The third-order valence-electron chi connectivity index (χ3n) is 4.82. The Balaban J connectivity index is 1.79. The Bertz CT molecular complexity index is 919. The van der Waals surface area contributed by atoms with Gasteiger partial charge in [-0.25, -0.2) is 9.07 Å². The van der Waals surface area contributed by atoms with Crippen LogP contribution in [0, 0.1) is 19.7 Å². The number of halogens is 2. The summed E-state index contributed by atoms with van der Waals surface area (Å²) in [5.41, 5.74) is 3.99. The fourth-order valence-corrected chi connectivity index (χ4v) is 3.60. The van der Waals surface area contributed by atoms with Crippen molar-refractivity contribution in [2.24, 2.45) is 0 Å². The highest BCUT2D eigenvalue weighted by Gasteiger charge is 2.33. The summed E-state index contributed by atoms with van der Waals surface area (Å²) in [6.07, 6.45) is 0.598. The van der Waals surface area contributed by atoms with E-state index in [4.69, 9.17) is 11.6 Å². The summed E-state index contributed by atoms with van der Waals surface area (Å²) in [5.74, 6) is 0.165. The van der Waals surface area contributed by atoms with Gasteiger partial charge in [0.05, 0.1) is 12.1 Å². The van der Waals surface area contributed by atoms with Crippen molar-refractivity contribution in [1.29, 1.82) is 0 Å². The molecule has 3 aromatic rings. The molecule has 0 saturated heterocycles. The first-order valence-corrected chi connectivity index (χ1v) is 8.48. The molecule has 25 heavy (non-hydrogen) atoms. The molecule has 0 spiro atoms. The van der Waals surface area contributed by atoms with E-state index in [1.54, 1.807) is 16.8 Å². The second kappa shape index (κ2) is 6.11. The molecule has 4 rings (SSSR count). The van der Waals surface area contributed by atoms with Crippen molar-refractivity contribution in [2.45, 2.75) is 32.4 Å². The van der Waals surface area contributed by atoms with Gasteiger partial charge < -0.3 is 5.32 Å². The van der Waals surface area contributed by atoms with Crippen molar-refractivity contribution < 1.29 is 4.39 Å². The van der Waals surface area contributed by atoms with Gasteiger partial charge in [0, 0.05) is 10.6 Å². The molecule has 0 saturated carbocycles. The molecule has 0 unspecified atom stereocenters. The molecule has 0 amide bonds. The molecule has 1 N–H and O–H groups in total. The van der Waals surface area contributed by atoms with E-state index >= 15 is 0 Å². The largest absolute Gasteiger partial charge is 0.346 e. The van der Waals surface area contributed by atoms with Gasteiger partial charge in [0.15, 0.2) is 0 Å². The number of benzene rings is 2. The number of aryl methyl sites for hydroxylation is 2. The number of hydrogen-bond donors (Lipinski definition) is 1. The monoisotopic (exact) mass is 357 g/mol. The number of tetrazole rings is 1. The Morgan fingerprint density at radius 3 is 2.80 bits per heavy atom. The van der Waals surface area contributed by atoms with E-state index in [0.717, 1.165) is 5.56 Å².